The molecular formula is C28H34N6O3. The molecule has 2 fully saturated rings. The fourth-order valence-electron chi connectivity index (χ4n) is 5.15. The average Bonchev–Trinajstić information content (AvgIpc) is 3.00. The number of benzene rings is 2. The molecule has 2 heterocycles. The van der Waals surface area contributed by atoms with Crippen LogP contribution in [0, 0.1) is 5.41 Å². The van der Waals surface area contributed by atoms with Crippen molar-refractivity contribution in [2.75, 3.05) is 25.4 Å². The smallest absolute Gasteiger partial charge is 0.273 e. The van der Waals surface area contributed by atoms with Crippen molar-refractivity contribution in [1.29, 1.82) is 0 Å². The molecule has 6 N–H and O–H groups in total. The predicted octanol–water partition coefficient (Wildman–Crippen LogP) is 2.90. The Kier molecular flexibility index (Phi) is 6.99. The van der Waals surface area contributed by atoms with E-state index in [1.807, 2.05) is 25.1 Å². The number of rotatable bonds is 8. The monoisotopic (exact) mass is 502 g/mol. The van der Waals surface area contributed by atoms with E-state index >= 15 is 0 Å². The van der Waals surface area contributed by atoms with Crippen LogP contribution in [0.25, 0.3) is 6.08 Å². The van der Waals surface area contributed by atoms with Gasteiger partial charge in [-0.05, 0) is 60.6 Å². The number of amidine groups is 1. The van der Waals surface area contributed by atoms with Crippen molar-refractivity contribution in [3.05, 3.63) is 64.7 Å². The second-order valence-corrected chi connectivity index (χ2v) is 10.3. The van der Waals surface area contributed by atoms with Crippen LogP contribution in [0.3, 0.4) is 0 Å². The number of hydrogen-bond acceptors (Lipinski definition) is 7. The van der Waals surface area contributed by atoms with E-state index in [9.17, 15) is 9.59 Å². The largest absolute Gasteiger partial charge is 0.399 e. The summed E-state index contributed by atoms with van der Waals surface area (Å²) in [7, 11) is 0. The third kappa shape index (κ3) is 5.52. The lowest BCUT2D eigenvalue weighted by Crippen LogP contribution is -2.65. The first kappa shape index (κ1) is 25.0. The molecule has 1 aliphatic carbocycles. The van der Waals surface area contributed by atoms with E-state index in [2.05, 4.69) is 15.6 Å². The van der Waals surface area contributed by atoms with Crippen LogP contribution in [0.15, 0.2) is 53.0 Å². The van der Waals surface area contributed by atoms with Gasteiger partial charge in [0.1, 0.15) is 12.4 Å². The molecule has 1 spiro atoms. The lowest BCUT2D eigenvalue weighted by atomic mass is 9.61. The molecule has 37 heavy (non-hydrogen) atoms. The van der Waals surface area contributed by atoms with E-state index < -0.39 is 0 Å². The first-order valence-corrected chi connectivity index (χ1v) is 12.8. The molecule has 9 heteroatoms. The molecular weight excluding hydrogens is 468 g/mol. The maximum Gasteiger partial charge on any atom is 0.273 e. The van der Waals surface area contributed by atoms with Gasteiger partial charge in [-0.15, -0.1) is 0 Å². The molecule has 5 rings (SSSR count). The number of amides is 2. The maximum absolute atomic E-state index is 13.4. The minimum absolute atomic E-state index is 0.113. The van der Waals surface area contributed by atoms with Gasteiger partial charge in [0.2, 0.25) is 0 Å². The quantitative estimate of drug-likeness (QED) is 0.324. The van der Waals surface area contributed by atoms with E-state index in [4.69, 9.17) is 16.3 Å². The molecule has 194 valence electrons. The number of hydroxylamine groups is 2. The number of nitrogens with one attached hydrogen (secondary N) is 2. The molecule has 2 aliphatic heterocycles. The van der Waals surface area contributed by atoms with Crippen LogP contribution < -0.4 is 22.1 Å². The van der Waals surface area contributed by atoms with Crippen molar-refractivity contribution in [2.24, 2.45) is 16.1 Å². The standard InChI is InChI=1S/C28H34N6O3/c1-2-9-34(37-15-18-3-7-22(29)8-4-18)27(36)21-10-19-5-6-20(11-24(19)33-25(30)12-21)26(35)32-23-13-28(14-23)16-31-17-28/h3-8,10-11,23,31H,2,9,12-17,29H2,1H3,(H2,30,33)(H,32,35). The number of nitrogens with zero attached hydrogens (tertiary/aromatic N) is 2. The minimum Gasteiger partial charge on any atom is -0.399 e. The Labute approximate surface area is 216 Å². The lowest BCUT2D eigenvalue weighted by Gasteiger charge is -2.54. The van der Waals surface area contributed by atoms with Gasteiger partial charge in [0.05, 0.1) is 5.69 Å². The van der Waals surface area contributed by atoms with Crippen molar-refractivity contribution in [3.8, 4) is 0 Å². The highest BCUT2D eigenvalue weighted by molar-refractivity contribution is 6.05. The molecule has 3 aliphatic rings. The van der Waals surface area contributed by atoms with E-state index in [0.29, 0.717) is 40.3 Å². The average molecular weight is 503 g/mol. The Hall–Kier alpha value is -3.69. The van der Waals surface area contributed by atoms with Crippen LogP contribution in [0.1, 0.15) is 54.1 Å². The van der Waals surface area contributed by atoms with Gasteiger partial charge in [0, 0.05) is 54.5 Å². The van der Waals surface area contributed by atoms with Gasteiger partial charge in [-0.3, -0.25) is 14.4 Å². The van der Waals surface area contributed by atoms with E-state index in [-0.39, 0.29) is 30.9 Å². The zero-order valence-corrected chi connectivity index (χ0v) is 21.1. The minimum atomic E-state index is -0.255. The van der Waals surface area contributed by atoms with Crippen molar-refractivity contribution in [3.63, 3.8) is 0 Å². The molecule has 0 bridgehead atoms. The van der Waals surface area contributed by atoms with E-state index in [1.54, 1.807) is 30.3 Å². The number of aliphatic imine (C=N–C) groups is 1. The Morgan fingerprint density at radius 3 is 2.59 bits per heavy atom. The topological polar surface area (TPSA) is 135 Å². The van der Waals surface area contributed by atoms with Crippen molar-refractivity contribution in [1.82, 2.24) is 15.7 Å². The van der Waals surface area contributed by atoms with E-state index in [1.165, 1.54) is 5.06 Å². The summed E-state index contributed by atoms with van der Waals surface area (Å²) in [6.45, 7) is 4.76. The molecule has 0 radical (unpaired) electrons. The number of hydrogen-bond donors (Lipinski definition) is 4. The third-order valence-electron chi connectivity index (χ3n) is 7.25. The zero-order chi connectivity index (χ0) is 26.0. The number of nitrogen functional groups attached to an aromatic ring is 1. The zero-order valence-electron chi connectivity index (χ0n) is 21.1. The van der Waals surface area contributed by atoms with Gasteiger partial charge in [0.25, 0.3) is 11.8 Å². The number of fused-ring (bicyclic) bond motifs is 1. The number of carbonyl (C=O) groups excluding carboxylic acids is 2. The Morgan fingerprint density at radius 1 is 1.16 bits per heavy atom. The summed E-state index contributed by atoms with van der Waals surface area (Å²) in [6.07, 6.45) is 4.75. The molecule has 2 aromatic carbocycles. The summed E-state index contributed by atoms with van der Waals surface area (Å²) in [5, 5.41) is 7.82. The van der Waals surface area contributed by atoms with Gasteiger partial charge >= 0.3 is 0 Å². The summed E-state index contributed by atoms with van der Waals surface area (Å²) in [4.78, 5) is 36.7. The summed E-state index contributed by atoms with van der Waals surface area (Å²) in [5.74, 6) is -0.0581. The van der Waals surface area contributed by atoms with Crippen LogP contribution in [-0.2, 0) is 16.2 Å². The second kappa shape index (κ2) is 10.4. The molecule has 1 saturated heterocycles. The van der Waals surface area contributed by atoms with Gasteiger partial charge < -0.3 is 22.1 Å². The van der Waals surface area contributed by atoms with Crippen LogP contribution in [0.2, 0.25) is 0 Å². The molecule has 0 aromatic heterocycles. The van der Waals surface area contributed by atoms with Crippen molar-refractivity contribution in [2.45, 2.75) is 45.3 Å². The van der Waals surface area contributed by atoms with Crippen molar-refractivity contribution >= 4 is 35.1 Å². The van der Waals surface area contributed by atoms with Crippen LogP contribution >= 0.6 is 0 Å². The van der Waals surface area contributed by atoms with Crippen LogP contribution in [0.4, 0.5) is 11.4 Å². The van der Waals surface area contributed by atoms with Crippen LogP contribution in [-0.4, -0.2) is 48.4 Å². The summed E-state index contributed by atoms with van der Waals surface area (Å²) in [5.41, 5.74) is 16.3. The maximum atomic E-state index is 13.4. The predicted molar refractivity (Wildman–Crippen MR) is 144 cm³/mol. The highest BCUT2D eigenvalue weighted by Crippen LogP contribution is 2.44. The molecule has 0 unspecified atom stereocenters. The van der Waals surface area contributed by atoms with Gasteiger partial charge in [-0.2, -0.15) is 0 Å². The first-order valence-electron chi connectivity index (χ1n) is 12.8. The normalized spacial score (nSPS) is 18.0. The van der Waals surface area contributed by atoms with Crippen molar-refractivity contribution < 1.29 is 14.4 Å². The molecule has 0 atom stereocenters. The fraction of sp³-hybridized carbons (Fsp3) is 0.393. The molecule has 1 saturated carbocycles. The number of carbonyl (C=O) groups is 2. The van der Waals surface area contributed by atoms with Gasteiger partial charge in [-0.1, -0.05) is 25.1 Å². The Morgan fingerprint density at radius 2 is 1.92 bits per heavy atom. The highest BCUT2D eigenvalue weighted by Gasteiger charge is 2.48. The van der Waals surface area contributed by atoms with Gasteiger partial charge in [-0.25, -0.2) is 10.1 Å². The first-order chi connectivity index (χ1) is 17.8. The molecule has 9 nitrogen and oxygen atoms in total. The highest BCUT2D eigenvalue weighted by atomic mass is 16.7. The van der Waals surface area contributed by atoms with E-state index in [0.717, 1.165) is 43.5 Å². The Bertz CT molecular complexity index is 1240. The molecule has 2 aromatic rings. The third-order valence-corrected chi connectivity index (χ3v) is 7.25. The van der Waals surface area contributed by atoms with Gasteiger partial charge in [0.15, 0.2) is 0 Å². The summed E-state index contributed by atoms with van der Waals surface area (Å²) >= 11 is 0. The second-order valence-electron chi connectivity index (χ2n) is 10.3. The summed E-state index contributed by atoms with van der Waals surface area (Å²) < 4.78 is 0. The SMILES string of the molecule is CCCN(OCc1ccc(N)cc1)C(=O)C1=Cc2ccc(C(=O)NC3CC4(CNC4)C3)cc2N=C(N)C1. The molecule has 2 amide bonds. The Balaban J connectivity index is 1.28. The van der Waals surface area contributed by atoms with Crippen LogP contribution in [0.5, 0.6) is 0 Å². The lowest BCUT2D eigenvalue weighted by molar-refractivity contribution is -0.187. The number of anilines is 1. The summed E-state index contributed by atoms with van der Waals surface area (Å²) in [6, 6.07) is 12.9. The fourth-order valence-corrected chi connectivity index (χ4v) is 5.15. The number of nitrogens with two attached hydrogens (primary N) is 2.